The van der Waals surface area contributed by atoms with Crippen molar-refractivity contribution in [1.29, 1.82) is 0 Å². The summed E-state index contributed by atoms with van der Waals surface area (Å²) in [5.74, 6) is 0.967. The molecule has 0 fully saturated rings. The molecule has 0 amide bonds. The number of unbranched alkanes of at least 4 members (excludes halogenated alkanes) is 3. The zero-order valence-electron chi connectivity index (χ0n) is 12.3. The predicted molar refractivity (Wildman–Crippen MR) is 89.3 cm³/mol. The maximum absolute atomic E-state index is 5.42. The molecule has 0 unspecified atom stereocenters. The number of aromatic nitrogens is 1. The molecule has 0 aliphatic rings. The van der Waals surface area contributed by atoms with Crippen LogP contribution < -0.4 is 10.1 Å². The standard InChI is InChI=1S/C15H25IN2O/c1-12-10-18-14(13(2)15(12)19-3)11-17-9-7-5-4-6-8-16/h10,17H,4-9,11H2,1-3H3. The third kappa shape index (κ3) is 5.65. The number of alkyl halides is 1. The first-order valence-electron chi connectivity index (χ1n) is 6.96. The highest BCUT2D eigenvalue weighted by molar-refractivity contribution is 14.1. The van der Waals surface area contributed by atoms with Crippen LogP contribution >= 0.6 is 22.6 Å². The fraction of sp³-hybridized carbons (Fsp3) is 0.667. The third-order valence-corrected chi connectivity index (χ3v) is 4.04. The van der Waals surface area contributed by atoms with Gasteiger partial charge in [0.05, 0.1) is 12.8 Å². The molecule has 1 heterocycles. The van der Waals surface area contributed by atoms with Crippen molar-refractivity contribution in [3.05, 3.63) is 23.0 Å². The molecule has 1 rings (SSSR count). The van der Waals surface area contributed by atoms with Crippen LogP contribution in [0.5, 0.6) is 5.75 Å². The molecule has 0 bridgehead atoms. The number of pyridine rings is 1. The van der Waals surface area contributed by atoms with Crippen molar-refractivity contribution in [3.63, 3.8) is 0 Å². The van der Waals surface area contributed by atoms with E-state index in [1.165, 1.54) is 30.1 Å². The van der Waals surface area contributed by atoms with E-state index in [2.05, 4.69) is 39.8 Å². The van der Waals surface area contributed by atoms with Gasteiger partial charge in [-0.3, -0.25) is 4.98 Å². The van der Waals surface area contributed by atoms with Gasteiger partial charge in [0, 0.05) is 23.9 Å². The molecule has 0 saturated heterocycles. The molecule has 1 aromatic rings. The van der Waals surface area contributed by atoms with Crippen LogP contribution in [0.3, 0.4) is 0 Å². The average molecular weight is 376 g/mol. The first kappa shape index (κ1) is 16.7. The van der Waals surface area contributed by atoms with Crippen molar-refractivity contribution in [2.45, 2.75) is 46.1 Å². The first-order valence-corrected chi connectivity index (χ1v) is 8.49. The van der Waals surface area contributed by atoms with E-state index in [1.807, 2.05) is 13.1 Å². The SMILES string of the molecule is COc1c(C)cnc(CNCCCCCCI)c1C. The Morgan fingerprint density at radius 3 is 2.63 bits per heavy atom. The summed E-state index contributed by atoms with van der Waals surface area (Å²) in [5, 5.41) is 3.47. The van der Waals surface area contributed by atoms with Crippen molar-refractivity contribution in [1.82, 2.24) is 10.3 Å². The van der Waals surface area contributed by atoms with Crippen molar-refractivity contribution in [2.75, 3.05) is 18.1 Å². The van der Waals surface area contributed by atoms with Crippen molar-refractivity contribution in [2.24, 2.45) is 0 Å². The molecule has 108 valence electrons. The number of aryl methyl sites for hydroxylation is 1. The smallest absolute Gasteiger partial charge is 0.128 e. The Labute approximate surface area is 130 Å². The second-order valence-electron chi connectivity index (χ2n) is 4.83. The lowest BCUT2D eigenvalue weighted by atomic mass is 10.1. The van der Waals surface area contributed by atoms with Gasteiger partial charge in [0.15, 0.2) is 0 Å². The molecule has 4 heteroatoms. The lowest BCUT2D eigenvalue weighted by Gasteiger charge is -2.12. The third-order valence-electron chi connectivity index (χ3n) is 3.28. The largest absolute Gasteiger partial charge is 0.496 e. The molecule has 0 radical (unpaired) electrons. The highest BCUT2D eigenvalue weighted by Gasteiger charge is 2.08. The van der Waals surface area contributed by atoms with Crippen molar-refractivity contribution < 1.29 is 4.74 Å². The van der Waals surface area contributed by atoms with Gasteiger partial charge in [-0.15, -0.1) is 0 Å². The second kappa shape index (κ2) is 9.53. The van der Waals surface area contributed by atoms with E-state index in [4.69, 9.17) is 4.74 Å². The van der Waals surface area contributed by atoms with Crippen LogP contribution in [0.25, 0.3) is 0 Å². The molecular formula is C15H25IN2O. The summed E-state index contributed by atoms with van der Waals surface area (Å²) in [6.07, 6.45) is 7.15. The monoisotopic (exact) mass is 376 g/mol. The van der Waals surface area contributed by atoms with E-state index in [9.17, 15) is 0 Å². The summed E-state index contributed by atoms with van der Waals surface area (Å²) in [6, 6.07) is 0. The maximum atomic E-state index is 5.42. The minimum absolute atomic E-state index is 0.828. The number of hydrogen-bond acceptors (Lipinski definition) is 3. The molecule has 0 aliphatic carbocycles. The zero-order valence-corrected chi connectivity index (χ0v) is 14.4. The zero-order chi connectivity index (χ0) is 14.1. The molecule has 3 nitrogen and oxygen atoms in total. The Morgan fingerprint density at radius 2 is 1.95 bits per heavy atom. The molecule has 1 N–H and O–H groups in total. The minimum atomic E-state index is 0.828. The molecule has 0 atom stereocenters. The van der Waals surface area contributed by atoms with Crippen LogP contribution in [-0.4, -0.2) is 23.1 Å². The molecule has 19 heavy (non-hydrogen) atoms. The van der Waals surface area contributed by atoms with Gasteiger partial charge in [0.25, 0.3) is 0 Å². The lowest BCUT2D eigenvalue weighted by Crippen LogP contribution is -2.17. The topological polar surface area (TPSA) is 34.1 Å². The van der Waals surface area contributed by atoms with E-state index in [1.54, 1.807) is 7.11 Å². The van der Waals surface area contributed by atoms with Crippen molar-refractivity contribution in [3.8, 4) is 5.75 Å². The Bertz CT molecular complexity index is 383. The maximum Gasteiger partial charge on any atom is 0.128 e. The van der Waals surface area contributed by atoms with Gasteiger partial charge >= 0.3 is 0 Å². The Morgan fingerprint density at radius 1 is 1.21 bits per heavy atom. The lowest BCUT2D eigenvalue weighted by molar-refractivity contribution is 0.406. The van der Waals surface area contributed by atoms with Crippen LogP contribution in [0, 0.1) is 13.8 Å². The average Bonchev–Trinajstić information content (AvgIpc) is 2.40. The Hall–Kier alpha value is -0.360. The van der Waals surface area contributed by atoms with Crippen LogP contribution in [0.4, 0.5) is 0 Å². The van der Waals surface area contributed by atoms with E-state index < -0.39 is 0 Å². The number of nitrogens with zero attached hydrogens (tertiary/aromatic N) is 1. The fourth-order valence-electron chi connectivity index (χ4n) is 2.15. The molecule has 0 aliphatic heterocycles. The van der Waals surface area contributed by atoms with E-state index in [0.29, 0.717) is 0 Å². The quantitative estimate of drug-likeness (QED) is 0.405. The van der Waals surface area contributed by atoms with E-state index in [-0.39, 0.29) is 0 Å². The van der Waals surface area contributed by atoms with Gasteiger partial charge in [-0.2, -0.15) is 0 Å². The van der Waals surface area contributed by atoms with Crippen LogP contribution in [0.15, 0.2) is 6.20 Å². The van der Waals surface area contributed by atoms with Gasteiger partial charge in [-0.05, 0) is 37.7 Å². The van der Waals surface area contributed by atoms with Crippen molar-refractivity contribution >= 4 is 22.6 Å². The normalized spacial score (nSPS) is 10.7. The van der Waals surface area contributed by atoms with E-state index in [0.717, 1.165) is 35.7 Å². The number of hydrogen-bond donors (Lipinski definition) is 1. The number of rotatable bonds is 9. The fourth-order valence-corrected chi connectivity index (χ4v) is 2.69. The van der Waals surface area contributed by atoms with Gasteiger partial charge in [-0.1, -0.05) is 35.4 Å². The number of methoxy groups -OCH3 is 1. The summed E-state index contributed by atoms with van der Waals surface area (Å²) in [5.41, 5.74) is 3.34. The Kier molecular flexibility index (Phi) is 8.37. The molecular weight excluding hydrogens is 351 g/mol. The summed E-state index contributed by atoms with van der Waals surface area (Å²) >= 11 is 2.44. The van der Waals surface area contributed by atoms with Gasteiger partial charge < -0.3 is 10.1 Å². The highest BCUT2D eigenvalue weighted by Crippen LogP contribution is 2.23. The van der Waals surface area contributed by atoms with Crippen LogP contribution in [0.1, 0.15) is 42.5 Å². The highest BCUT2D eigenvalue weighted by atomic mass is 127. The van der Waals surface area contributed by atoms with Crippen LogP contribution in [-0.2, 0) is 6.54 Å². The van der Waals surface area contributed by atoms with Gasteiger partial charge in [-0.25, -0.2) is 0 Å². The molecule has 1 aromatic heterocycles. The summed E-state index contributed by atoms with van der Waals surface area (Å²) in [4.78, 5) is 4.49. The minimum Gasteiger partial charge on any atom is -0.496 e. The van der Waals surface area contributed by atoms with Gasteiger partial charge in [0.2, 0.25) is 0 Å². The molecule has 0 spiro atoms. The predicted octanol–water partition coefficient (Wildman–Crippen LogP) is 3.79. The van der Waals surface area contributed by atoms with Crippen LogP contribution in [0.2, 0.25) is 0 Å². The number of ether oxygens (including phenoxy) is 1. The molecule has 0 saturated carbocycles. The number of nitrogens with one attached hydrogen (secondary N) is 1. The number of halogens is 1. The Balaban J connectivity index is 2.33. The van der Waals surface area contributed by atoms with E-state index >= 15 is 0 Å². The van der Waals surface area contributed by atoms with Gasteiger partial charge in [0.1, 0.15) is 5.75 Å². The summed E-state index contributed by atoms with van der Waals surface area (Å²) in [6.45, 7) is 6.01. The molecule has 0 aromatic carbocycles. The first-order chi connectivity index (χ1) is 9.20. The second-order valence-corrected chi connectivity index (χ2v) is 5.90. The summed E-state index contributed by atoms with van der Waals surface area (Å²) in [7, 11) is 1.72. The summed E-state index contributed by atoms with van der Waals surface area (Å²) < 4.78 is 6.69.